The Balaban J connectivity index is 2.32. The summed E-state index contributed by atoms with van der Waals surface area (Å²) in [6.45, 7) is 7.18. The summed E-state index contributed by atoms with van der Waals surface area (Å²) in [5.74, 6) is 1.71. The van der Waals surface area contributed by atoms with Gasteiger partial charge in [0.2, 0.25) is 0 Å². The van der Waals surface area contributed by atoms with Crippen molar-refractivity contribution in [3.05, 3.63) is 18.2 Å². The smallest absolute Gasteiger partial charge is 0.306 e. The Labute approximate surface area is 155 Å². The maximum absolute atomic E-state index is 11.9. The van der Waals surface area contributed by atoms with Crippen molar-refractivity contribution >= 4 is 35.2 Å². The van der Waals surface area contributed by atoms with E-state index in [0.717, 1.165) is 27.7 Å². The highest BCUT2D eigenvalue weighted by atomic mass is 32.2. The van der Waals surface area contributed by atoms with Crippen molar-refractivity contribution in [2.75, 3.05) is 24.3 Å². The minimum atomic E-state index is -0.0987. The van der Waals surface area contributed by atoms with E-state index >= 15 is 0 Å². The number of nitrogens with two attached hydrogens (primary N) is 1. The first-order valence-electron chi connectivity index (χ1n) is 8.73. The van der Waals surface area contributed by atoms with Gasteiger partial charge in [0.05, 0.1) is 13.0 Å². The Morgan fingerprint density at radius 2 is 2.08 bits per heavy atom. The van der Waals surface area contributed by atoms with Gasteiger partial charge in [0.15, 0.2) is 0 Å². The average molecular weight is 370 g/mol. The molecule has 2 N–H and O–H groups in total. The van der Waals surface area contributed by atoms with Crippen molar-refractivity contribution in [2.24, 2.45) is 11.8 Å². The standard InChI is InChI=1S/C19H31NO2S2/c1-5-7-14(3)15(6-2)13-22-19(21)10-11-24-16-8-9-18(23-4)17(20)12-16/h8-9,12,14-15H,5-7,10-11,13,20H2,1-4H3. The molecule has 136 valence electrons. The molecule has 5 heteroatoms. The number of ether oxygens (including phenoxy) is 1. The molecule has 1 aromatic rings. The number of thioether (sulfide) groups is 2. The van der Waals surface area contributed by atoms with Gasteiger partial charge in [-0.25, -0.2) is 0 Å². The number of anilines is 1. The van der Waals surface area contributed by atoms with E-state index in [1.807, 2.05) is 18.4 Å². The van der Waals surface area contributed by atoms with Crippen molar-refractivity contribution in [3.63, 3.8) is 0 Å². The fourth-order valence-electron chi connectivity index (χ4n) is 2.70. The molecule has 0 aliphatic rings. The second-order valence-corrected chi connectivity index (χ2v) is 8.14. The van der Waals surface area contributed by atoms with Gasteiger partial charge >= 0.3 is 5.97 Å². The molecule has 2 unspecified atom stereocenters. The van der Waals surface area contributed by atoms with Crippen LogP contribution in [0.2, 0.25) is 0 Å². The van der Waals surface area contributed by atoms with Crippen molar-refractivity contribution in [3.8, 4) is 0 Å². The summed E-state index contributed by atoms with van der Waals surface area (Å²) in [5, 5.41) is 0. The Bertz CT molecular complexity index is 508. The molecule has 3 nitrogen and oxygen atoms in total. The van der Waals surface area contributed by atoms with Crippen LogP contribution in [0.4, 0.5) is 5.69 Å². The van der Waals surface area contributed by atoms with E-state index in [0.29, 0.717) is 24.9 Å². The van der Waals surface area contributed by atoms with Crippen LogP contribution >= 0.6 is 23.5 Å². The highest BCUT2D eigenvalue weighted by molar-refractivity contribution is 7.99. The van der Waals surface area contributed by atoms with Crippen molar-refractivity contribution in [1.82, 2.24) is 0 Å². The van der Waals surface area contributed by atoms with Crippen molar-refractivity contribution in [2.45, 2.75) is 56.2 Å². The van der Waals surface area contributed by atoms with Crippen molar-refractivity contribution in [1.29, 1.82) is 0 Å². The number of nitrogen functional groups attached to an aromatic ring is 1. The van der Waals surface area contributed by atoms with Gasteiger partial charge in [0, 0.05) is 21.2 Å². The first kappa shape index (κ1) is 21.2. The number of carbonyl (C=O) groups is 1. The first-order chi connectivity index (χ1) is 11.5. The summed E-state index contributed by atoms with van der Waals surface area (Å²) in [6.07, 6.45) is 5.89. The molecule has 0 radical (unpaired) electrons. The molecule has 0 spiro atoms. The molecular formula is C19H31NO2S2. The molecule has 1 rings (SSSR count). The van der Waals surface area contributed by atoms with Crippen LogP contribution in [0.1, 0.15) is 46.5 Å². The minimum absolute atomic E-state index is 0.0987. The lowest BCUT2D eigenvalue weighted by Gasteiger charge is -2.21. The predicted octanol–water partition coefficient (Wildman–Crippen LogP) is 5.48. The fourth-order valence-corrected chi connectivity index (χ4v) is 4.08. The fraction of sp³-hybridized carbons (Fsp3) is 0.632. The Kier molecular flexibility index (Phi) is 10.3. The predicted molar refractivity (Wildman–Crippen MR) is 107 cm³/mol. The van der Waals surface area contributed by atoms with Gasteiger partial charge in [-0.15, -0.1) is 23.5 Å². The molecule has 24 heavy (non-hydrogen) atoms. The van der Waals surface area contributed by atoms with Crippen LogP contribution in [-0.4, -0.2) is 24.6 Å². The van der Waals surface area contributed by atoms with Crippen LogP contribution in [0, 0.1) is 11.8 Å². The SMILES string of the molecule is CCCC(C)C(CC)COC(=O)CCSc1ccc(SC)c(N)c1. The highest BCUT2D eigenvalue weighted by Crippen LogP contribution is 2.28. The monoisotopic (exact) mass is 369 g/mol. The number of rotatable bonds is 11. The summed E-state index contributed by atoms with van der Waals surface area (Å²) in [4.78, 5) is 14.1. The van der Waals surface area contributed by atoms with Crippen LogP contribution in [0.15, 0.2) is 28.0 Å². The van der Waals surface area contributed by atoms with Gasteiger partial charge in [0.1, 0.15) is 0 Å². The maximum atomic E-state index is 11.9. The molecule has 0 saturated carbocycles. The van der Waals surface area contributed by atoms with Crippen LogP contribution in [0.5, 0.6) is 0 Å². The number of carbonyl (C=O) groups excluding carboxylic acids is 1. The third kappa shape index (κ3) is 7.39. The summed E-state index contributed by atoms with van der Waals surface area (Å²) in [7, 11) is 0. The van der Waals surface area contributed by atoms with E-state index < -0.39 is 0 Å². The summed E-state index contributed by atoms with van der Waals surface area (Å²) in [6, 6.07) is 6.06. The number of hydrogen-bond donors (Lipinski definition) is 1. The lowest BCUT2D eigenvalue weighted by Crippen LogP contribution is -2.20. The van der Waals surface area contributed by atoms with Crippen molar-refractivity contribution < 1.29 is 9.53 Å². The first-order valence-corrected chi connectivity index (χ1v) is 10.9. The molecule has 2 atom stereocenters. The van der Waals surface area contributed by atoms with E-state index in [4.69, 9.17) is 10.5 Å². The molecule has 0 fully saturated rings. The van der Waals surface area contributed by atoms with Gasteiger partial charge in [-0.2, -0.15) is 0 Å². The van der Waals surface area contributed by atoms with Gasteiger partial charge < -0.3 is 10.5 Å². The molecular weight excluding hydrogens is 338 g/mol. The average Bonchev–Trinajstić information content (AvgIpc) is 2.56. The molecule has 0 aromatic heterocycles. The summed E-state index contributed by atoms with van der Waals surface area (Å²) in [5.41, 5.74) is 6.78. The normalized spacial score (nSPS) is 13.5. The molecule has 0 saturated heterocycles. The van der Waals surface area contributed by atoms with E-state index in [2.05, 4.69) is 26.8 Å². The zero-order valence-corrected chi connectivity index (χ0v) is 17.0. The Morgan fingerprint density at radius 3 is 2.67 bits per heavy atom. The van der Waals surface area contributed by atoms with E-state index in [1.165, 1.54) is 12.8 Å². The third-order valence-electron chi connectivity index (χ3n) is 4.31. The number of benzene rings is 1. The van der Waals surface area contributed by atoms with E-state index in [1.54, 1.807) is 23.5 Å². The van der Waals surface area contributed by atoms with Crippen LogP contribution in [0.25, 0.3) is 0 Å². The molecule has 1 aromatic carbocycles. The lowest BCUT2D eigenvalue weighted by atomic mass is 9.89. The topological polar surface area (TPSA) is 52.3 Å². The maximum Gasteiger partial charge on any atom is 0.306 e. The van der Waals surface area contributed by atoms with Crippen LogP contribution < -0.4 is 5.73 Å². The zero-order valence-electron chi connectivity index (χ0n) is 15.3. The number of esters is 1. The second kappa shape index (κ2) is 11.7. The van der Waals surface area contributed by atoms with Gasteiger partial charge in [-0.3, -0.25) is 4.79 Å². The minimum Gasteiger partial charge on any atom is -0.465 e. The van der Waals surface area contributed by atoms with E-state index in [9.17, 15) is 4.79 Å². The van der Waals surface area contributed by atoms with Gasteiger partial charge in [-0.05, 0) is 42.7 Å². The largest absolute Gasteiger partial charge is 0.465 e. The lowest BCUT2D eigenvalue weighted by molar-refractivity contribution is -0.145. The van der Waals surface area contributed by atoms with Crippen LogP contribution in [0.3, 0.4) is 0 Å². The third-order valence-corrected chi connectivity index (χ3v) is 6.11. The molecule has 0 amide bonds. The Hall–Kier alpha value is -0.810. The zero-order chi connectivity index (χ0) is 17.9. The molecule has 0 aliphatic carbocycles. The molecule has 0 heterocycles. The quantitative estimate of drug-likeness (QED) is 0.318. The molecule has 0 bridgehead atoms. The Morgan fingerprint density at radius 1 is 1.33 bits per heavy atom. The molecule has 0 aliphatic heterocycles. The highest BCUT2D eigenvalue weighted by Gasteiger charge is 2.16. The van der Waals surface area contributed by atoms with E-state index in [-0.39, 0.29) is 5.97 Å². The summed E-state index contributed by atoms with van der Waals surface area (Å²) >= 11 is 3.29. The van der Waals surface area contributed by atoms with Gasteiger partial charge in [0.25, 0.3) is 0 Å². The van der Waals surface area contributed by atoms with Gasteiger partial charge in [-0.1, -0.05) is 33.6 Å². The number of hydrogen-bond acceptors (Lipinski definition) is 5. The second-order valence-electron chi connectivity index (χ2n) is 6.12. The summed E-state index contributed by atoms with van der Waals surface area (Å²) < 4.78 is 5.48. The van der Waals surface area contributed by atoms with Crippen LogP contribution in [-0.2, 0) is 9.53 Å².